The summed E-state index contributed by atoms with van der Waals surface area (Å²) in [6, 6.07) is 2.65. The molecule has 0 bridgehead atoms. The smallest absolute Gasteiger partial charge is 0.359 e. The van der Waals surface area contributed by atoms with Crippen LogP contribution in [0.15, 0.2) is 23.6 Å². The van der Waals surface area contributed by atoms with Gasteiger partial charge in [0.25, 0.3) is 0 Å². The van der Waals surface area contributed by atoms with Crippen LogP contribution in [0.2, 0.25) is 12.6 Å². The summed E-state index contributed by atoms with van der Waals surface area (Å²) >= 11 is 1.34. The Morgan fingerprint density at radius 3 is 3.00 bits per heavy atom. The molecule has 0 spiro atoms. The average Bonchev–Trinajstić information content (AvgIpc) is 2.45. The van der Waals surface area contributed by atoms with Crippen molar-refractivity contribution in [2.45, 2.75) is 24.2 Å². The fourth-order valence-corrected chi connectivity index (χ4v) is 2.87. The topological polar surface area (TPSA) is 72.5 Å². The first-order chi connectivity index (χ1) is 10.1. The number of thioether (sulfide) groups is 1. The van der Waals surface area contributed by atoms with Crippen molar-refractivity contribution in [1.29, 1.82) is 0 Å². The zero-order chi connectivity index (χ0) is 15.5. The minimum Gasteiger partial charge on any atom is -0.463 e. The number of hydrogen-bond acceptors (Lipinski definition) is 6. The Bertz CT molecular complexity index is 434. The van der Waals surface area contributed by atoms with E-state index in [1.54, 1.807) is 6.20 Å². The van der Waals surface area contributed by atoms with Gasteiger partial charge in [0.2, 0.25) is 9.04 Å². The molecule has 0 saturated carbocycles. The molecule has 1 N–H and O–H groups in total. The van der Waals surface area contributed by atoms with Gasteiger partial charge < -0.3 is 14.3 Å². The zero-order valence-corrected chi connectivity index (χ0v) is 14.3. The van der Waals surface area contributed by atoms with Crippen LogP contribution in [0.1, 0.15) is 6.42 Å². The maximum absolute atomic E-state index is 11.5. The molecule has 8 heteroatoms. The van der Waals surface area contributed by atoms with Gasteiger partial charge in [-0.3, -0.25) is 4.79 Å². The van der Waals surface area contributed by atoms with Crippen LogP contribution in [0.4, 0.5) is 0 Å². The van der Waals surface area contributed by atoms with Crippen molar-refractivity contribution in [2.24, 2.45) is 7.05 Å². The molecule has 117 valence electrons. The summed E-state index contributed by atoms with van der Waals surface area (Å²) < 4.78 is 12.2. The Morgan fingerprint density at radius 2 is 2.29 bits per heavy atom. The van der Waals surface area contributed by atoms with Gasteiger partial charge in [-0.15, -0.1) is 0 Å². The molecule has 21 heavy (non-hydrogen) atoms. The Labute approximate surface area is 131 Å². The quantitative estimate of drug-likeness (QED) is 0.169. The highest BCUT2D eigenvalue weighted by atomic mass is 32.2. The lowest BCUT2D eigenvalue weighted by molar-refractivity contribution is -0.713. The standard InChI is InChI=1S/C13H22N2O4SSi/c1-15-6-3-5-14-13(15)20-11-12(16)19-9-8-18-7-4-10-21(2)17/h3,5-6,17H,4,7-11H2,1-2H3/q+1. The van der Waals surface area contributed by atoms with Crippen LogP contribution in [0.3, 0.4) is 0 Å². The number of carbonyl (C=O) groups excluding carboxylic acids is 1. The SMILES string of the molecule is C[n+]1cccnc1SCC(=O)OCCOCCC[Si](C)O. The summed E-state index contributed by atoms with van der Waals surface area (Å²) in [5, 5.41) is 0.770. The number of ether oxygens (including phenoxy) is 2. The van der Waals surface area contributed by atoms with E-state index in [0.29, 0.717) is 13.2 Å². The van der Waals surface area contributed by atoms with E-state index in [4.69, 9.17) is 14.3 Å². The highest BCUT2D eigenvalue weighted by Crippen LogP contribution is 2.09. The maximum Gasteiger partial charge on any atom is 0.359 e. The van der Waals surface area contributed by atoms with Crippen molar-refractivity contribution in [1.82, 2.24) is 4.98 Å². The predicted molar refractivity (Wildman–Crippen MR) is 81.2 cm³/mol. The highest BCUT2D eigenvalue weighted by molar-refractivity contribution is 7.99. The Balaban J connectivity index is 2.03. The molecule has 0 aliphatic heterocycles. The van der Waals surface area contributed by atoms with E-state index in [9.17, 15) is 4.79 Å². The molecule has 0 saturated heterocycles. The van der Waals surface area contributed by atoms with Crippen molar-refractivity contribution in [3.63, 3.8) is 0 Å². The molecular weight excluding hydrogens is 308 g/mol. The van der Waals surface area contributed by atoms with Gasteiger partial charge in [-0.2, -0.15) is 0 Å². The third-order valence-corrected chi connectivity index (χ3v) is 4.63. The third-order valence-electron chi connectivity index (χ3n) is 2.52. The highest BCUT2D eigenvalue weighted by Gasteiger charge is 2.12. The molecule has 0 aromatic carbocycles. The van der Waals surface area contributed by atoms with Crippen LogP contribution in [0, 0.1) is 0 Å². The fraction of sp³-hybridized carbons (Fsp3) is 0.615. The first kappa shape index (κ1) is 18.1. The Kier molecular flexibility index (Phi) is 9.23. The van der Waals surface area contributed by atoms with Crippen LogP contribution in [0.5, 0.6) is 0 Å². The molecular formula is C13H22N2O4SSi+. The number of hydrogen-bond donors (Lipinski definition) is 1. The van der Waals surface area contributed by atoms with Crippen LogP contribution >= 0.6 is 11.8 Å². The van der Waals surface area contributed by atoms with Gasteiger partial charge in [-0.05, 0) is 35.8 Å². The van der Waals surface area contributed by atoms with Crippen molar-refractivity contribution in [3.8, 4) is 0 Å². The van der Waals surface area contributed by atoms with Gasteiger partial charge in [-0.1, -0.05) is 0 Å². The number of esters is 1. The molecule has 0 amide bonds. The molecule has 6 nitrogen and oxygen atoms in total. The molecule has 0 aliphatic carbocycles. The van der Waals surface area contributed by atoms with Crippen LogP contribution < -0.4 is 4.57 Å². The second-order valence-electron chi connectivity index (χ2n) is 4.47. The van der Waals surface area contributed by atoms with Gasteiger partial charge in [0, 0.05) is 12.7 Å². The number of carbonyl (C=O) groups is 1. The average molecular weight is 330 g/mol. The third kappa shape index (κ3) is 8.81. The number of aryl methyl sites for hydroxylation is 1. The van der Waals surface area contributed by atoms with Gasteiger partial charge in [0.05, 0.1) is 19.9 Å². The van der Waals surface area contributed by atoms with Gasteiger partial charge in [-0.25, -0.2) is 4.57 Å². The van der Waals surface area contributed by atoms with Gasteiger partial charge in [0.1, 0.15) is 18.6 Å². The number of nitrogens with zero attached hydrogens (tertiary/aromatic N) is 2. The van der Waals surface area contributed by atoms with Gasteiger partial charge in [0.15, 0.2) is 0 Å². The minimum absolute atomic E-state index is 0.233. The summed E-state index contributed by atoms with van der Waals surface area (Å²) in [5.74, 6) is -0.0413. The molecule has 0 unspecified atom stereocenters. The van der Waals surface area contributed by atoms with E-state index < -0.39 is 9.04 Å². The molecule has 0 atom stereocenters. The van der Waals surface area contributed by atoms with E-state index in [1.807, 2.05) is 30.4 Å². The summed E-state index contributed by atoms with van der Waals surface area (Å²) in [7, 11) is 0.726. The van der Waals surface area contributed by atoms with E-state index in [-0.39, 0.29) is 18.3 Å². The second kappa shape index (κ2) is 10.7. The van der Waals surface area contributed by atoms with Crippen molar-refractivity contribution < 1.29 is 23.6 Å². The fourth-order valence-electron chi connectivity index (χ4n) is 1.48. The molecule has 0 aliphatic rings. The number of rotatable bonds is 10. The van der Waals surface area contributed by atoms with Crippen molar-refractivity contribution >= 4 is 26.8 Å². The maximum atomic E-state index is 11.5. The first-order valence-corrected chi connectivity index (χ1v) is 9.92. The lowest BCUT2D eigenvalue weighted by Gasteiger charge is -2.06. The van der Waals surface area contributed by atoms with E-state index in [1.165, 1.54) is 11.8 Å². The summed E-state index contributed by atoms with van der Waals surface area (Å²) in [6.07, 6.45) is 4.42. The van der Waals surface area contributed by atoms with Crippen LogP contribution in [-0.2, 0) is 21.3 Å². The normalized spacial score (nSPS) is 10.9. The van der Waals surface area contributed by atoms with E-state index in [0.717, 1.165) is 17.6 Å². The lowest BCUT2D eigenvalue weighted by Crippen LogP contribution is -2.31. The predicted octanol–water partition coefficient (Wildman–Crippen LogP) is 0.562. The second-order valence-corrected chi connectivity index (χ2v) is 7.39. The van der Waals surface area contributed by atoms with Gasteiger partial charge >= 0.3 is 11.1 Å². The molecule has 1 heterocycles. The summed E-state index contributed by atoms with van der Waals surface area (Å²) in [6.45, 7) is 3.10. The zero-order valence-electron chi connectivity index (χ0n) is 12.4. The molecule has 1 aromatic heterocycles. The molecule has 0 fully saturated rings. The van der Waals surface area contributed by atoms with Crippen LogP contribution in [-0.4, -0.2) is 50.4 Å². The first-order valence-electron chi connectivity index (χ1n) is 6.78. The molecule has 1 aromatic rings. The van der Waals surface area contributed by atoms with E-state index in [2.05, 4.69) is 4.98 Å². The summed E-state index contributed by atoms with van der Waals surface area (Å²) in [5.41, 5.74) is 0. The van der Waals surface area contributed by atoms with E-state index >= 15 is 0 Å². The molecule has 1 radical (unpaired) electrons. The van der Waals surface area contributed by atoms with Crippen LogP contribution in [0.25, 0.3) is 0 Å². The lowest BCUT2D eigenvalue weighted by atomic mass is 10.5. The Hall–Kier alpha value is -0.963. The Morgan fingerprint density at radius 1 is 1.48 bits per heavy atom. The monoisotopic (exact) mass is 330 g/mol. The minimum atomic E-state index is -1.15. The van der Waals surface area contributed by atoms with Crippen molar-refractivity contribution in [2.75, 3.05) is 25.6 Å². The largest absolute Gasteiger partial charge is 0.463 e. The van der Waals surface area contributed by atoms with Crippen molar-refractivity contribution in [3.05, 3.63) is 18.5 Å². The number of aromatic nitrogens is 2. The molecule has 1 rings (SSSR count). The summed E-state index contributed by atoms with van der Waals surface area (Å²) in [4.78, 5) is 24.9.